The third-order valence-corrected chi connectivity index (χ3v) is 4.61. The van der Waals surface area contributed by atoms with Gasteiger partial charge >= 0.3 is 0 Å². The molecule has 0 aromatic heterocycles. The number of rotatable bonds is 13. The molecule has 0 aromatic carbocycles. The molecule has 0 aromatic rings. The van der Waals surface area contributed by atoms with Crippen molar-refractivity contribution in [2.75, 3.05) is 40.0 Å². The van der Waals surface area contributed by atoms with Crippen molar-refractivity contribution in [1.82, 2.24) is 0 Å². The second-order valence-corrected chi connectivity index (χ2v) is 7.19. The van der Waals surface area contributed by atoms with Gasteiger partial charge in [-0.1, -0.05) is 13.8 Å². The monoisotopic (exact) mass is 314 g/mol. The Kier molecular flexibility index (Phi) is 8.58. The zero-order valence-corrected chi connectivity index (χ0v) is 15.3. The summed E-state index contributed by atoms with van der Waals surface area (Å²) in [6.07, 6.45) is 3.64. The highest BCUT2D eigenvalue weighted by Crippen LogP contribution is 2.40. The largest absolute Gasteiger partial charge is 0.376 e. The van der Waals surface area contributed by atoms with Crippen LogP contribution >= 0.6 is 0 Å². The Morgan fingerprint density at radius 1 is 1.36 bits per heavy atom. The van der Waals surface area contributed by atoms with E-state index in [0.717, 1.165) is 31.4 Å². The Morgan fingerprint density at radius 3 is 2.59 bits per heavy atom. The number of nitrogens with zero attached hydrogens (tertiary/aromatic N) is 1. The summed E-state index contributed by atoms with van der Waals surface area (Å²) in [5.74, 6) is 1.81. The molecule has 0 amide bonds. The fraction of sp³-hybridized carbons (Fsp3) is 0.944. The van der Waals surface area contributed by atoms with Crippen molar-refractivity contribution in [3.8, 4) is 0 Å². The lowest BCUT2D eigenvalue weighted by Gasteiger charge is -2.29. The van der Waals surface area contributed by atoms with Gasteiger partial charge in [0.1, 0.15) is 20.4 Å². The van der Waals surface area contributed by atoms with E-state index in [4.69, 9.17) is 14.2 Å². The highest BCUT2D eigenvalue weighted by atomic mass is 16.6. The first-order valence-corrected chi connectivity index (χ1v) is 8.71. The van der Waals surface area contributed by atoms with E-state index < -0.39 is 0 Å². The van der Waals surface area contributed by atoms with E-state index >= 15 is 0 Å². The van der Waals surface area contributed by atoms with Gasteiger partial charge in [-0.15, -0.1) is 0 Å². The Labute approximate surface area is 136 Å². The van der Waals surface area contributed by atoms with Crippen molar-refractivity contribution in [3.05, 3.63) is 0 Å². The van der Waals surface area contributed by atoms with Gasteiger partial charge < -0.3 is 14.2 Å². The first kappa shape index (κ1) is 19.6. The summed E-state index contributed by atoms with van der Waals surface area (Å²) in [5, 5.41) is 0. The Balaban J connectivity index is 2.12. The molecule has 4 nitrogen and oxygen atoms in total. The van der Waals surface area contributed by atoms with Gasteiger partial charge in [0.15, 0.2) is 6.54 Å². The summed E-state index contributed by atoms with van der Waals surface area (Å²) in [7, 11) is 1.94. The predicted molar refractivity (Wildman–Crippen MR) is 90.9 cm³/mol. The summed E-state index contributed by atoms with van der Waals surface area (Å²) < 4.78 is 19.5. The van der Waals surface area contributed by atoms with Crippen LogP contribution in [0, 0.1) is 11.8 Å². The van der Waals surface area contributed by atoms with E-state index in [9.17, 15) is 0 Å². The molecule has 130 valence electrons. The van der Waals surface area contributed by atoms with Crippen molar-refractivity contribution in [2.24, 2.45) is 11.8 Å². The lowest BCUT2D eigenvalue weighted by molar-refractivity contribution is -0.492. The molecule has 0 spiro atoms. The van der Waals surface area contributed by atoms with Gasteiger partial charge in [0.2, 0.25) is 0 Å². The summed E-state index contributed by atoms with van der Waals surface area (Å²) in [6, 6.07) is 0. The summed E-state index contributed by atoms with van der Waals surface area (Å²) in [5.41, 5.74) is -0.234. The number of likely N-dealkylation sites (N-methyl/N-ethyl adjacent to an activating group) is 1. The molecular formula is C18H36NO3+. The molecule has 0 aliphatic heterocycles. The fourth-order valence-electron chi connectivity index (χ4n) is 2.34. The lowest BCUT2D eigenvalue weighted by Crippen LogP contribution is -2.37. The minimum atomic E-state index is -0.234. The first-order valence-electron chi connectivity index (χ1n) is 8.71. The smallest absolute Gasteiger partial charge is 0.165 e. The molecular weight excluding hydrogens is 278 g/mol. The molecule has 0 N–H and O–H groups in total. The van der Waals surface area contributed by atoms with Gasteiger partial charge in [0.25, 0.3) is 0 Å². The van der Waals surface area contributed by atoms with Crippen LogP contribution < -0.4 is 0 Å². The van der Waals surface area contributed by atoms with E-state index in [1.165, 1.54) is 12.8 Å². The zero-order chi connectivity index (χ0) is 16.6. The molecule has 0 radical (unpaired) electrons. The summed E-state index contributed by atoms with van der Waals surface area (Å²) in [6.45, 7) is 16.1. The number of hydrogen-bond acceptors (Lipinski definition) is 3. The van der Waals surface area contributed by atoms with Gasteiger partial charge in [0, 0.05) is 6.61 Å². The third kappa shape index (κ3) is 8.25. The van der Waals surface area contributed by atoms with Crippen molar-refractivity contribution in [1.29, 1.82) is 0 Å². The molecule has 0 saturated heterocycles. The second-order valence-electron chi connectivity index (χ2n) is 7.19. The minimum Gasteiger partial charge on any atom is -0.376 e. The van der Waals surface area contributed by atoms with Gasteiger partial charge in [-0.3, -0.25) is 0 Å². The van der Waals surface area contributed by atoms with Gasteiger partial charge in [0.05, 0.1) is 24.9 Å². The van der Waals surface area contributed by atoms with E-state index in [1.54, 1.807) is 0 Å². The van der Waals surface area contributed by atoms with Gasteiger partial charge in [-0.25, -0.2) is 4.58 Å². The average Bonchev–Trinajstić information content (AvgIpc) is 3.17. The van der Waals surface area contributed by atoms with Crippen LogP contribution in [0.1, 0.15) is 47.0 Å². The molecule has 1 aliphatic rings. The summed E-state index contributed by atoms with van der Waals surface area (Å²) >= 11 is 0. The highest BCUT2D eigenvalue weighted by molar-refractivity contribution is 5.13. The van der Waals surface area contributed by atoms with E-state index in [-0.39, 0.29) is 11.7 Å². The maximum Gasteiger partial charge on any atom is 0.165 e. The number of hydrogen-bond donors (Lipinski definition) is 0. The van der Waals surface area contributed by atoms with Crippen molar-refractivity contribution < 1.29 is 18.8 Å². The quantitative estimate of drug-likeness (QED) is 0.297. The van der Waals surface area contributed by atoms with E-state index in [2.05, 4.69) is 34.4 Å². The molecule has 4 unspecified atom stereocenters. The van der Waals surface area contributed by atoms with Crippen molar-refractivity contribution in [2.45, 2.75) is 58.7 Å². The molecule has 1 fully saturated rings. The second kappa shape index (κ2) is 9.64. The van der Waals surface area contributed by atoms with Crippen LogP contribution in [0.5, 0.6) is 0 Å². The molecule has 1 saturated carbocycles. The Hall–Kier alpha value is -0.450. The van der Waals surface area contributed by atoms with Crippen LogP contribution in [0.15, 0.2) is 0 Å². The molecule has 4 atom stereocenters. The fourth-order valence-corrected chi connectivity index (χ4v) is 2.34. The number of ether oxygens (including phenoxy) is 3. The molecule has 0 heterocycles. The van der Waals surface area contributed by atoms with Crippen molar-refractivity contribution >= 4 is 6.72 Å². The normalized spacial score (nSPS) is 24.8. The molecule has 0 bridgehead atoms. The van der Waals surface area contributed by atoms with Crippen LogP contribution in [-0.4, -0.2) is 63.0 Å². The topological polar surface area (TPSA) is 30.7 Å². The van der Waals surface area contributed by atoms with Crippen LogP contribution in [0.25, 0.3) is 0 Å². The molecule has 4 heteroatoms. The summed E-state index contributed by atoms with van der Waals surface area (Å²) in [4.78, 5) is 0. The molecule has 1 rings (SSSR count). The van der Waals surface area contributed by atoms with E-state index in [0.29, 0.717) is 19.8 Å². The van der Waals surface area contributed by atoms with E-state index in [1.807, 2.05) is 11.6 Å². The Morgan fingerprint density at radius 2 is 2.05 bits per heavy atom. The maximum absolute atomic E-state index is 6.06. The van der Waals surface area contributed by atoms with Crippen molar-refractivity contribution in [3.63, 3.8) is 0 Å². The SMILES string of the molecule is C=[N+](C)CCOCC(C)(CC)OCC(C)OCCC1CC1C. The third-order valence-electron chi connectivity index (χ3n) is 4.61. The predicted octanol–water partition coefficient (Wildman–Crippen LogP) is 2.98. The Bertz CT molecular complexity index is 334. The molecule has 1 aliphatic carbocycles. The zero-order valence-electron chi connectivity index (χ0n) is 15.3. The lowest BCUT2D eigenvalue weighted by atomic mass is 10.1. The first-order chi connectivity index (χ1) is 10.4. The average molecular weight is 314 g/mol. The molecule has 22 heavy (non-hydrogen) atoms. The van der Waals surface area contributed by atoms with Crippen LogP contribution in [-0.2, 0) is 14.2 Å². The van der Waals surface area contributed by atoms with Crippen LogP contribution in [0.2, 0.25) is 0 Å². The van der Waals surface area contributed by atoms with Gasteiger partial charge in [-0.2, -0.15) is 0 Å². The standard InChI is InChI=1S/C18H36NO3/c1-7-18(4,14-20-11-9-19(5)6)22-13-16(3)21-10-8-17-12-15(17)2/h15-17H,5,7-14H2,1-4,6H3/q+1. The maximum atomic E-state index is 6.06. The highest BCUT2D eigenvalue weighted by Gasteiger charge is 2.31. The van der Waals surface area contributed by atoms with Crippen LogP contribution in [0.3, 0.4) is 0 Å². The minimum absolute atomic E-state index is 0.144. The van der Waals surface area contributed by atoms with Crippen LogP contribution in [0.4, 0.5) is 0 Å². The van der Waals surface area contributed by atoms with Gasteiger partial charge in [-0.05, 0) is 44.9 Å².